The summed E-state index contributed by atoms with van der Waals surface area (Å²) in [5, 5.41) is 16.9. The van der Waals surface area contributed by atoms with Gasteiger partial charge in [-0.05, 0) is 26.3 Å². The molecule has 1 aromatic carbocycles. The van der Waals surface area contributed by atoms with Crippen LogP contribution in [-0.2, 0) is 0 Å². The van der Waals surface area contributed by atoms with Crippen LogP contribution in [0.25, 0.3) is 5.57 Å². The molecule has 5 heteroatoms. The molecule has 23 heavy (non-hydrogen) atoms. The molecule has 0 bridgehead atoms. The molecule has 0 saturated carbocycles. The molecular formula is C18H27N3O2. The first kappa shape index (κ1) is 17.5. The van der Waals surface area contributed by atoms with E-state index >= 15 is 0 Å². The molecule has 0 spiro atoms. The predicted octanol–water partition coefficient (Wildman–Crippen LogP) is 1.75. The Labute approximate surface area is 138 Å². The van der Waals surface area contributed by atoms with E-state index in [4.69, 9.17) is 4.74 Å². The zero-order valence-electron chi connectivity index (χ0n) is 14.6. The van der Waals surface area contributed by atoms with Gasteiger partial charge in [0.25, 0.3) is 0 Å². The molecule has 0 amide bonds. The van der Waals surface area contributed by atoms with E-state index in [9.17, 15) is 5.11 Å². The number of para-hydroxylation sites is 1. The van der Waals surface area contributed by atoms with E-state index in [1.807, 2.05) is 38.4 Å². The molecule has 3 N–H and O–H groups in total. The van der Waals surface area contributed by atoms with Crippen molar-refractivity contribution in [1.29, 1.82) is 0 Å². The molecular weight excluding hydrogens is 290 g/mol. The number of ether oxygens (including phenoxy) is 1. The molecule has 0 radical (unpaired) electrons. The Balaban J connectivity index is 2.60. The first-order valence-corrected chi connectivity index (χ1v) is 7.91. The van der Waals surface area contributed by atoms with E-state index in [2.05, 4.69) is 15.6 Å². The summed E-state index contributed by atoms with van der Waals surface area (Å²) < 4.78 is 5.59. The van der Waals surface area contributed by atoms with Crippen LogP contribution < -0.4 is 15.4 Å². The summed E-state index contributed by atoms with van der Waals surface area (Å²) in [5.74, 6) is 0.803. The fraction of sp³-hybridized carbons (Fsp3) is 0.500. The lowest BCUT2D eigenvalue weighted by Gasteiger charge is -2.27. The van der Waals surface area contributed by atoms with Gasteiger partial charge >= 0.3 is 0 Å². The lowest BCUT2D eigenvalue weighted by Crippen LogP contribution is -2.45. The van der Waals surface area contributed by atoms with E-state index in [1.54, 1.807) is 21.0 Å². The van der Waals surface area contributed by atoms with E-state index in [1.165, 1.54) is 0 Å². The number of aliphatic imine (C=N–C) groups is 1. The molecule has 2 rings (SSSR count). The lowest BCUT2D eigenvalue weighted by molar-refractivity contribution is 0.114. The standard InChI is InChI=1S/C18H27N3O2/c1-12-7-6-8-14(16(12)23-5)15(11-21-13-9-20-10-13)17(19-4)18(2,3)22/h6-8,11,13,19-20,22H,9-10H2,1-5H3/b17-15+,21-11?. The Kier molecular flexibility index (Phi) is 5.44. The van der Waals surface area contributed by atoms with Crippen molar-refractivity contribution in [2.45, 2.75) is 32.4 Å². The van der Waals surface area contributed by atoms with Gasteiger partial charge in [-0.1, -0.05) is 18.2 Å². The third-order valence-corrected chi connectivity index (χ3v) is 4.01. The number of rotatable bonds is 6. The quantitative estimate of drug-likeness (QED) is 0.699. The number of aryl methyl sites for hydroxylation is 1. The summed E-state index contributed by atoms with van der Waals surface area (Å²) in [6, 6.07) is 6.29. The molecule has 1 heterocycles. The first-order chi connectivity index (χ1) is 10.9. The SMILES string of the molecule is CN/C(=C(\C=NC1CNC1)c1cccc(C)c1OC)C(C)(C)O. The smallest absolute Gasteiger partial charge is 0.129 e. The molecule has 1 aromatic rings. The molecule has 126 valence electrons. The van der Waals surface area contributed by atoms with Crippen molar-refractivity contribution in [2.24, 2.45) is 4.99 Å². The van der Waals surface area contributed by atoms with E-state index in [0.717, 1.165) is 41.2 Å². The van der Waals surface area contributed by atoms with Gasteiger partial charge in [0.1, 0.15) is 5.75 Å². The Morgan fingerprint density at radius 1 is 1.43 bits per heavy atom. The van der Waals surface area contributed by atoms with Crippen molar-refractivity contribution in [3.05, 3.63) is 35.0 Å². The Hall–Kier alpha value is -1.85. The van der Waals surface area contributed by atoms with E-state index in [0.29, 0.717) is 6.04 Å². The minimum atomic E-state index is -1.01. The van der Waals surface area contributed by atoms with Crippen molar-refractivity contribution in [2.75, 3.05) is 27.2 Å². The van der Waals surface area contributed by atoms with Gasteiger partial charge in [0.2, 0.25) is 0 Å². The third kappa shape index (κ3) is 3.92. The minimum Gasteiger partial charge on any atom is -0.496 e. The largest absolute Gasteiger partial charge is 0.496 e. The van der Waals surface area contributed by atoms with Gasteiger partial charge in [0, 0.05) is 37.5 Å². The topological polar surface area (TPSA) is 65.9 Å². The van der Waals surface area contributed by atoms with Crippen LogP contribution in [0, 0.1) is 6.92 Å². The number of nitrogens with one attached hydrogen (secondary N) is 2. The number of hydrogen-bond donors (Lipinski definition) is 3. The fourth-order valence-electron chi connectivity index (χ4n) is 2.73. The average molecular weight is 317 g/mol. The van der Waals surface area contributed by atoms with Gasteiger partial charge in [0.15, 0.2) is 0 Å². The Morgan fingerprint density at radius 2 is 2.13 bits per heavy atom. The average Bonchev–Trinajstić information content (AvgIpc) is 2.43. The maximum absolute atomic E-state index is 10.5. The van der Waals surface area contributed by atoms with E-state index < -0.39 is 5.60 Å². The van der Waals surface area contributed by atoms with Gasteiger partial charge in [-0.3, -0.25) is 4.99 Å². The Morgan fingerprint density at radius 3 is 2.61 bits per heavy atom. The third-order valence-electron chi connectivity index (χ3n) is 4.01. The number of methoxy groups -OCH3 is 1. The molecule has 1 saturated heterocycles. The maximum Gasteiger partial charge on any atom is 0.129 e. The van der Waals surface area contributed by atoms with Crippen LogP contribution in [0.4, 0.5) is 0 Å². The predicted molar refractivity (Wildman–Crippen MR) is 95.2 cm³/mol. The maximum atomic E-state index is 10.5. The highest BCUT2D eigenvalue weighted by molar-refractivity contribution is 6.12. The van der Waals surface area contributed by atoms with Crippen molar-refractivity contribution >= 4 is 11.8 Å². The van der Waals surface area contributed by atoms with Crippen molar-refractivity contribution in [1.82, 2.24) is 10.6 Å². The Bertz CT molecular complexity index is 611. The van der Waals surface area contributed by atoms with Crippen LogP contribution in [0.1, 0.15) is 25.0 Å². The van der Waals surface area contributed by atoms with Crippen LogP contribution in [0.3, 0.4) is 0 Å². The highest BCUT2D eigenvalue weighted by atomic mass is 16.5. The number of nitrogens with zero attached hydrogens (tertiary/aromatic N) is 1. The second-order valence-electron chi connectivity index (χ2n) is 6.34. The molecule has 1 aliphatic heterocycles. The summed E-state index contributed by atoms with van der Waals surface area (Å²) in [6.45, 7) is 7.33. The fourth-order valence-corrected chi connectivity index (χ4v) is 2.73. The monoisotopic (exact) mass is 317 g/mol. The molecule has 1 aliphatic rings. The lowest BCUT2D eigenvalue weighted by atomic mass is 9.93. The summed E-state index contributed by atoms with van der Waals surface area (Å²) in [7, 11) is 3.48. The highest BCUT2D eigenvalue weighted by Crippen LogP contribution is 2.32. The molecule has 0 unspecified atom stereocenters. The van der Waals surface area contributed by atoms with Gasteiger partial charge in [-0.25, -0.2) is 0 Å². The van der Waals surface area contributed by atoms with Crippen molar-refractivity contribution in [3.63, 3.8) is 0 Å². The highest BCUT2D eigenvalue weighted by Gasteiger charge is 2.25. The number of allylic oxidation sites excluding steroid dienone is 1. The zero-order chi connectivity index (χ0) is 17.0. The number of aliphatic hydroxyl groups is 1. The van der Waals surface area contributed by atoms with Gasteiger partial charge in [0.05, 0.1) is 24.4 Å². The summed E-state index contributed by atoms with van der Waals surface area (Å²) in [6.07, 6.45) is 1.85. The van der Waals surface area contributed by atoms with Crippen LogP contribution in [0.5, 0.6) is 5.75 Å². The summed E-state index contributed by atoms with van der Waals surface area (Å²) >= 11 is 0. The van der Waals surface area contributed by atoms with Crippen molar-refractivity contribution in [3.8, 4) is 5.75 Å². The molecule has 5 nitrogen and oxygen atoms in total. The second-order valence-corrected chi connectivity index (χ2v) is 6.34. The number of likely N-dealkylation sites (N-methyl/N-ethyl adjacent to an activating group) is 1. The normalized spacial score (nSPS) is 17.0. The molecule has 0 atom stereocenters. The first-order valence-electron chi connectivity index (χ1n) is 7.91. The summed E-state index contributed by atoms with van der Waals surface area (Å²) in [4.78, 5) is 4.64. The van der Waals surface area contributed by atoms with Gasteiger partial charge in [-0.2, -0.15) is 0 Å². The van der Waals surface area contributed by atoms with Crippen LogP contribution in [-0.4, -0.2) is 50.2 Å². The molecule has 0 aromatic heterocycles. The van der Waals surface area contributed by atoms with Crippen LogP contribution in [0.15, 0.2) is 28.9 Å². The minimum absolute atomic E-state index is 0.292. The van der Waals surface area contributed by atoms with Gasteiger partial charge in [-0.15, -0.1) is 0 Å². The molecule has 1 fully saturated rings. The zero-order valence-corrected chi connectivity index (χ0v) is 14.6. The van der Waals surface area contributed by atoms with Gasteiger partial charge < -0.3 is 20.5 Å². The number of hydrogen-bond acceptors (Lipinski definition) is 5. The van der Waals surface area contributed by atoms with E-state index in [-0.39, 0.29) is 0 Å². The molecule has 0 aliphatic carbocycles. The number of benzene rings is 1. The van der Waals surface area contributed by atoms with Crippen LogP contribution in [0.2, 0.25) is 0 Å². The second kappa shape index (κ2) is 7.15. The summed E-state index contributed by atoms with van der Waals surface area (Å²) in [5.41, 5.74) is 2.54. The van der Waals surface area contributed by atoms with Crippen molar-refractivity contribution < 1.29 is 9.84 Å². The van der Waals surface area contributed by atoms with Crippen LogP contribution >= 0.6 is 0 Å².